The molecule has 0 amide bonds. The molecule has 3 heteroatoms. The van der Waals surface area contributed by atoms with Crippen LogP contribution in [0.1, 0.15) is 11.7 Å². The maximum Gasteiger partial charge on any atom is 0.119 e. The van der Waals surface area contributed by atoms with E-state index in [9.17, 15) is 0 Å². The molecule has 0 saturated carbocycles. The predicted octanol–water partition coefficient (Wildman–Crippen LogP) is 1.36. The van der Waals surface area contributed by atoms with Crippen molar-refractivity contribution in [2.75, 3.05) is 26.8 Å². The van der Waals surface area contributed by atoms with E-state index in [1.807, 2.05) is 18.2 Å². The molecular weight excluding hydrogens is 178 g/mol. The second-order valence-corrected chi connectivity index (χ2v) is 3.34. The van der Waals surface area contributed by atoms with E-state index in [1.165, 1.54) is 5.56 Å². The third-order valence-electron chi connectivity index (χ3n) is 2.39. The Kier molecular flexibility index (Phi) is 3.01. The minimum atomic E-state index is 0.166. The Morgan fingerprint density at radius 3 is 3.14 bits per heavy atom. The van der Waals surface area contributed by atoms with Crippen LogP contribution in [0.25, 0.3) is 0 Å². The summed E-state index contributed by atoms with van der Waals surface area (Å²) in [5.74, 6) is 0.886. The van der Waals surface area contributed by atoms with Crippen molar-refractivity contribution in [1.29, 1.82) is 0 Å². The van der Waals surface area contributed by atoms with Crippen LogP contribution < -0.4 is 10.1 Å². The minimum Gasteiger partial charge on any atom is -0.497 e. The van der Waals surface area contributed by atoms with E-state index >= 15 is 0 Å². The fraction of sp³-hybridized carbons (Fsp3) is 0.455. The fourth-order valence-electron chi connectivity index (χ4n) is 1.62. The highest BCUT2D eigenvalue weighted by Gasteiger charge is 2.15. The third kappa shape index (κ3) is 2.05. The molecule has 1 aromatic rings. The summed E-state index contributed by atoms with van der Waals surface area (Å²) < 4.78 is 10.8. The van der Waals surface area contributed by atoms with Gasteiger partial charge in [0.25, 0.3) is 0 Å². The van der Waals surface area contributed by atoms with Gasteiger partial charge in [0.2, 0.25) is 0 Å². The number of benzene rings is 1. The Morgan fingerprint density at radius 2 is 2.43 bits per heavy atom. The number of hydrogen-bond acceptors (Lipinski definition) is 3. The number of nitrogens with one attached hydrogen (secondary N) is 1. The Balaban J connectivity index is 2.13. The van der Waals surface area contributed by atoms with Gasteiger partial charge < -0.3 is 14.8 Å². The topological polar surface area (TPSA) is 30.5 Å². The summed E-state index contributed by atoms with van der Waals surface area (Å²) in [5, 5.41) is 3.30. The summed E-state index contributed by atoms with van der Waals surface area (Å²) in [7, 11) is 1.68. The van der Waals surface area contributed by atoms with Crippen molar-refractivity contribution in [2.24, 2.45) is 0 Å². The monoisotopic (exact) mass is 193 g/mol. The van der Waals surface area contributed by atoms with Crippen LogP contribution in [0, 0.1) is 0 Å². The lowest BCUT2D eigenvalue weighted by Gasteiger charge is -2.24. The van der Waals surface area contributed by atoms with Crippen LogP contribution in [-0.2, 0) is 4.74 Å². The highest BCUT2D eigenvalue weighted by atomic mass is 16.5. The van der Waals surface area contributed by atoms with Gasteiger partial charge in [-0.2, -0.15) is 0 Å². The van der Waals surface area contributed by atoms with Gasteiger partial charge >= 0.3 is 0 Å². The first kappa shape index (κ1) is 9.49. The van der Waals surface area contributed by atoms with Gasteiger partial charge in [-0.05, 0) is 17.7 Å². The van der Waals surface area contributed by atoms with Crippen molar-refractivity contribution < 1.29 is 9.47 Å². The van der Waals surface area contributed by atoms with Crippen molar-refractivity contribution >= 4 is 0 Å². The molecule has 0 aliphatic carbocycles. The van der Waals surface area contributed by atoms with Gasteiger partial charge in [-0.3, -0.25) is 0 Å². The lowest BCUT2D eigenvalue weighted by atomic mass is 10.1. The van der Waals surface area contributed by atoms with Gasteiger partial charge in [-0.1, -0.05) is 12.1 Å². The normalized spacial score (nSPS) is 21.9. The van der Waals surface area contributed by atoms with Crippen LogP contribution in [-0.4, -0.2) is 26.8 Å². The molecule has 0 aromatic heterocycles. The Labute approximate surface area is 84.0 Å². The van der Waals surface area contributed by atoms with E-state index in [-0.39, 0.29) is 6.10 Å². The lowest BCUT2D eigenvalue weighted by molar-refractivity contribution is 0.0276. The van der Waals surface area contributed by atoms with E-state index < -0.39 is 0 Å². The number of rotatable bonds is 2. The zero-order valence-electron chi connectivity index (χ0n) is 8.32. The molecule has 76 valence electrons. The van der Waals surface area contributed by atoms with Crippen LogP contribution in [0.5, 0.6) is 5.75 Å². The first-order chi connectivity index (χ1) is 6.90. The van der Waals surface area contributed by atoms with Crippen LogP contribution in [0.4, 0.5) is 0 Å². The largest absolute Gasteiger partial charge is 0.497 e. The van der Waals surface area contributed by atoms with E-state index in [1.54, 1.807) is 7.11 Å². The average molecular weight is 193 g/mol. The van der Waals surface area contributed by atoms with Gasteiger partial charge in [0, 0.05) is 13.1 Å². The highest BCUT2D eigenvalue weighted by Crippen LogP contribution is 2.22. The quantitative estimate of drug-likeness (QED) is 0.769. The van der Waals surface area contributed by atoms with E-state index in [2.05, 4.69) is 11.4 Å². The second kappa shape index (κ2) is 4.44. The SMILES string of the molecule is COc1cccc([C@@H]2CNCCO2)c1. The first-order valence-electron chi connectivity index (χ1n) is 4.86. The lowest BCUT2D eigenvalue weighted by Crippen LogP contribution is -2.33. The summed E-state index contributed by atoms with van der Waals surface area (Å²) in [4.78, 5) is 0. The van der Waals surface area contributed by atoms with Crippen molar-refractivity contribution in [3.8, 4) is 5.75 Å². The number of hydrogen-bond donors (Lipinski definition) is 1. The Morgan fingerprint density at radius 1 is 1.50 bits per heavy atom. The molecule has 1 aromatic carbocycles. The second-order valence-electron chi connectivity index (χ2n) is 3.34. The molecule has 1 aliphatic rings. The van der Waals surface area contributed by atoms with Gasteiger partial charge in [0.1, 0.15) is 5.75 Å². The number of methoxy groups -OCH3 is 1. The zero-order valence-corrected chi connectivity index (χ0v) is 8.32. The van der Waals surface area contributed by atoms with Crippen LogP contribution in [0.2, 0.25) is 0 Å². The molecule has 0 spiro atoms. The zero-order chi connectivity index (χ0) is 9.80. The highest BCUT2D eigenvalue weighted by molar-refractivity contribution is 5.30. The number of ether oxygens (including phenoxy) is 2. The fourth-order valence-corrected chi connectivity index (χ4v) is 1.62. The van der Waals surface area contributed by atoms with Crippen molar-refractivity contribution in [1.82, 2.24) is 5.32 Å². The maximum atomic E-state index is 5.65. The molecule has 0 unspecified atom stereocenters. The van der Waals surface area contributed by atoms with Gasteiger partial charge in [-0.25, -0.2) is 0 Å². The summed E-state index contributed by atoms with van der Waals surface area (Å²) in [6.45, 7) is 2.61. The van der Waals surface area contributed by atoms with Crippen LogP contribution in [0.15, 0.2) is 24.3 Å². The summed E-state index contributed by atoms with van der Waals surface area (Å²) >= 11 is 0. The maximum absolute atomic E-state index is 5.65. The Hall–Kier alpha value is -1.06. The smallest absolute Gasteiger partial charge is 0.119 e. The van der Waals surface area contributed by atoms with Crippen LogP contribution in [0.3, 0.4) is 0 Å². The Bertz CT molecular complexity index is 295. The molecule has 2 rings (SSSR count). The molecule has 0 bridgehead atoms. The van der Waals surface area contributed by atoms with Crippen molar-refractivity contribution in [2.45, 2.75) is 6.10 Å². The first-order valence-corrected chi connectivity index (χ1v) is 4.86. The van der Waals surface area contributed by atoms with Gasteiger partial charge in [0.15, 0.2) is 0 Å². The molecule has 1 saturated heterocycles. The van der Waals surface area contributed by atoms with Crippen LogP contribution >= 0.6 is 0 Å². The molecule has 0 radical (unpaired) electrons. The summed E-state index contributed by atoms with van der Waals surface area (Å²) in [5.41, 5.74) is 1.18. The molecular formula is C11H15NO2. The molecule has 1 fully saturated rings. The standard InChI is InChI=1S/C11H15NO2/c1-13-10-4-2-3-9(7-10)11-8-12-5-6-14-11/h2-4,7,11-12H,5-6,8H2,1H3/t11-/m0/s1. The molecule has 1 atom stereocenters. The summed E-state index contributed by atoms with van der Waals surface area (Å²) in [6, 6.07) is 8.03. The average Bonchev–Trinajstić information content (AvgIpc) is 2.30. The molecule has 14 heavy (non-hydrogen) atoms. The minimum absolute atomic E-state index is 0.166. The van der Waals surface area contributed by atoms with Crippen molar-refractivity contribution in [3.63, 3.8) is 0 Å². The number of morpholine rings is 1. The van der Waals surface area contributed by atoms with Gasteiger partial charge in [-0.15, -0.1) is 0 Å². The van der Waals surface area contributed by atoms with E-state index in [0.29, 0.717) is 0 Å². The third-order valence-corrected chi connectivity index (χ3v) is 2.39. The molecule has 1 N–H and O–H groups in total. The summed E-state index contributed by atoms with van der Waals surface area (Å²) in [6.07, 6.45) is 0.166. The molecule has 3 nitrogen and oxygen atoms in total. The molecule has 1 aliphatic heterocycles. The van der Waals surface area contributed by atoms with Crippen molar-refractivity contribution in [3.05, 3.63) is 29.8 Å². The van der Waals surface area contributed by atoms with Gasteiger partial charge in [0.05, 0.1) is 19.8 Å². The van der Waals surface area contributed by atoms with E-state index in [0.717, 1.165) is 25.4 Å². The van der Waals surface area contributed by atoms with E-state index in [4.69, 9.17) is 9.47 Å². The predicted molar refractivity (Wildman–Crippen MR) is 54.6 cm³/mol. The molecule has 1 heterocycles.